The second-order valence-corrected chi connectivity index (χ2v) is 5.26. The van der Waals surface area contributed by atoms with E-state index in [4.69, 9.17) is 33.7 Å². The largest absolute Gasteiger partial charge is 0.488 e. The molecule has 2 rings (SSSR count). The third-order valence-electron chi connectivity index (χ3n) is 2.88. The van der Waals surface area contributed by atoms with Crippen molar-refractivity contribution >= 4 is 23.2 Å². The van der Waals surface area contributed by atoms with E-state index in [0.717, 1.165) is 11.1 Å². The molecule has 5 heteroatoms. The predicted molar refractivity (Wildman–Crippen MR) is 79.8 cm³/mol. The van der Waals surface area contributed by atoms with Gasteiger partial charge in [0.1, 0.15) is 18.2 Å². The van der Waals surface area contributed by atoms with Gasteiger partial charge in [0.05, 0.1) is 10.0 Å². The van der Waals surface area contributed by atoms with Crippen LogP contribution in [0.5, 0.6) is 5.75 Å². The van der Waals surface area contributed by atoms with Crippen LogP contribution in [0.4, 0.5) is 4.39 Å². The highest BCUT2D eigenvalue weighted by Gasteiger charge is 2.11. The Morgan fingerprint density at radius 2 is 2.00 bits per heavy atom. The van der Waals surface area contributed by atoms with Crippen LogP contribution in [0.3, 0.4) is 0 Å². The number of hydrogen-bond donors (Lipinski definition) is 1. The van der Waals surface area contributed by atoms with Crippen molar-refractivity contribution in [2.45, 2.75) is 19.6 Å². The van der Waals surface area contributed by atoms with E-state index < -0.39 is 0 Å². The van der Waals surface area contributed by atoms with Gasteiger partial charge < -0.3 is 10.5 Å². The molecule has 0 bridgehead atoms. The smallest absolute Gasteiger partial charge is 0.127 e. The van der Waals surface area contributed by atoms with Crippen LogP contribution in [0, 0.1) is 5.82 Å². The summed E-state index contributed by atoms with van der Waals surface area (Å²) < 4.78 is 18.9. The van der Waals surface area contributed by atoms with E-state index >= 15 is 0 Å². The highest BCUT2D eigenvalue weighted by molar-refractivity contribution is 6.42. The fourth-order valence-corrected chi connectivity index (χ4v) is 2.20. The van der Waals surface area contributed by atoms with E-state index in [9.17, 15) is 4.39 Å². The van der Waals surface area contributed by atoms with Gasteiger partial charge in [0.15, 0.2) is 0 Å². The summed E-state index contributed by atoms with van der Waals surface area (Å²) in [7, 11) is 0. The van der Waals surface area contributed by atoms with Gasteiger partial charge in [-0.15, -0.1) is 0 Å². The summed E-state index contributed by atoms with van der Waals surface area (Å²) in [5.41, 5.74) is 7.31. The van der Waals surface area contributed by atoms with E-state index in [2.05, 4.69) is 0 Å². The minimum absolute atomic E-state index is 0.197. The molecule has 2 aromatic rings. The molecule has 2 N–H and O–H groups in total. The molecule has 1 unspecified atom stereocenters. The van der Waals surface area contributed by atoms with E-state index in [1.807, 2.05) is 6.92 Å². The highest BCUT2D eigenvalue weighted by atomic mass is 35.5. The van der Waals surface area contributed by atoms with E-state index in [-0.39, 0.29) is 18.5 Å². The van der Waals surface area contributed by atoms with E-state index in [1.165, 1.54) is 12.1 Å². The number of rotatable bonds is 4. The Morgan fingerprint density at radius 3 is 2.70 bits per heavy atom. The second kappa shape index (κ2) is 6.44. The lowest BCUT2D eigenvalue weighted by atomic mass is 10.1. The SMILES string of the molecule is CC(N)c1ccc(F)cc1OCc1cccc(Cl)c1Cl. The van der Waals surface area contributed by atoms with Crippen molar-refractivity contribution in [3.05, 3.63) is 63.4 Å². The molecule has 0 heterocycles. The highest BCUT2D eigenvalue weighted by Crippen LogP contribution is 2.29. The van der Waals surface area contributed by atoms with E-state index in [1.54, 1.807) is 24.3 Å². The van der Waals surface area contributed by atoms with Crippen LogP contribution in [0.1, 0.15) is 24.1 Å². The molecule has 0 fully saturated rings. The van der Waals surface area contributed by atoms with Crippen LogP contribution in [0.2, 0.25) is 10.0 Å². The molecule has 0 aromatic heterocycles. The third kappa shape index (κ3) is 3.42. The van der Waals surface area contributed by atoms with Gasteiger partial charge in [0.2, 0.25) is 0 Å². The van der Waals surface area contributed by atoms with Gasteiger partial charge in [-0.1, -0.05) is 41.4 Å². The van der Waals surface area contributed by atoms with Gasteiger partial charge >= 0.3 is 0 Å². The first-order valence-corrected chi connectivity index (χ1v) is 6.85. The maximum atomic E-state index is 13.3. The van der Waals surface area contributed by atoms with Crippen LogP contribution in [-0.2, 0) is 6.61 Å². The quantitative estimate of drug-likeness (QED) is 0.885. The molecule has 0 saturated carbocycles. The molecule has 0 aliphatic rings. The van der Waals surface area contributed by atoms with Crippen molar-refractivity contribution in [2.24, 2.45) is 5.73 Å². The number of halogens is 3. The molecule has 2 aromatic carbocycles. The molecule has 0 saturated heterocycles. The lowest BCUT2D eigenvalue weighted by molar-refractivity contribution is 0.300. The van der Waals surface area contributed by atoms with Gasteiger partial charge in [0.25, 0.3) is 0 Å². The van der Waals surface area contributed by atoms with Gasteiger partial charge in [0, 0.05) is 23.2 Å². The van der Waals surface area contributed by atoms with Crippen molar-refractivity contribution in [3.8, 4) is 5.75 Å². The number of hydrogen-bond acceptors (Lipinski definition) is 2. The Hall–Kier alpha value is -1.29. The summed E-state index contributed by atoms with van der Waals surface area (Å²) in [5.74, 6) is 0.0395. The molecular weight excluding hydrogens is 300 g/mol. The molecule has 0 amide bonds. The number of ether oxygens (including phenoxy) is 1. The average Bonchev–Trinajstić information content (AvgIpc) is 2.40. The first-order valence-electron chi connectivity index (χ1n) is 6.09. The molecule has 0 radical (unpaired) electrons. The molecule has 0 aliphatic heterocycles. The monoisotopic (exact) mass is 313 g/mol. The zero-order chi connectivity index (χ0) is 14.7. The maximum absolute atomic E-state index is 13.3. The summed E-state index contributed by atoms with van der Waals surface area (Å²) >= 11 is 12.0. The molecule has 2 nitrogen and oxygen atoms in total. The lowest BCUT2D eigenvalue weighted by Gasteiger charge is -2.15. The summed E-state index contributed by atoms with van der Waals surface area (Å²) in [6.45, 7) is 2.01. The van der Waals surface area contributed by atoms with Crippen molar-refractivity contribution < 1.29 is 9.13 Å². The van der Waals surface area contributed by atoms with Crippen molar-refractivity contribution in [2.75, 3.05) is 0 Å². The standard InChI is InChI=1S/C15H14Cl2FNO/c1-9(19)12-6-5-11(18)7-14(12)20-8-10-3-2-4-13(16)15(10)17/h2-7,9H,8,19H2,1H3. The van der Waals surface area contributed by atoms with Gasteiger partial charge in [-0.2, -0.15) is 0 Å². The van der Waals surface area contributed by atoms with Gasteiger partial charge in [-0.05, 0) is 19.1 Å². The Balaban J connectivity index is 2.22. The Morgan fingerprint density at radius 1 is 1.25 bits per heavy atom. The zero-order valence-electron chi connectivity index (χ0n) is 10.9. The molecule has 106 valence electrons. The van der Waals surface area contributed by atoms with Crippen LogP contribution >= 0.6 is 23.2 Å². The predicted octanol–water partition coefficient (Wildman–Crippen LogP) is 4.73. The van der Waals surface area contributed by atoms with E-state index in [0.29, 0.717) is 15.8 Å². The summed E-state index contributed by atoms with van der Waals surface area (Å²) in [4.78, 5) is 0. The molecular formula is C15H14Cl2FNO. The van der Waals surface area contributed by atoms with Crippen LogP contribution in [0.25, 0.3) is 0 Å². The van der Waals surface area contributed by atoms with Crippen molar-refractivity contribution in [1.29, 1.82) is 0 Å². The minimum atomic E-state index is -0.374. The van der Waals surface area contributed by atoms with Gasteiger partial charge in [-0.25, -0.2) is 4.39 Å². The summed E-state index contributed by atoms with van der Waals surface area (Å²) in [6, 6.07) is 9.33. The lowest BCUT2D eigenvalue weighted by Crippen LogP contribution is -2.08. The molecule has 1 atom stereocenters. The summed E-state index contributed by atoms with van der Waals surface area (Å²) in [5, 5.41) is 0.896. The molecule has 0 spiro atoms. The molecule has 0 aliphatic carbocycles. The number of benzene rings is 2. The van der Waals surface area contributed by atoms with Crippen molar-refractivity contribution in [3.63, 3.8) is 0 Å². The van der Waals surface area contributed by atoms with Gasteiger partial charge in [-0.3, -0.25) is 0 Å². The summed E-state index contributed by atoms with van der Waals surface area (Å²) in [6.07, 6.45) is 0. The maximum Gasteiger partial charge on any atom is 0.127 e. The second-order valence-electron chi connectivity index (χ2n) is 4.47. The Kier molecular flexibility index (Phi) is 4.86. The van der Waals surface area contributed by atoms with Crippen LogP contribution in [0.15, 0.2) is 36.4 Å². The topological polar surface area (TPSA) is 35.2 Å². The minimum Gasteiger partial charge on any atom is -0.488 e. The Bertz CT molecular complexity index is 617. The third-order valence-corrected chi connectivity index (χ3v) is 3.74. The van der Waals surface area contributed by atoms with Crippen LogP contribution < -0.4 is 10.5 Å². The first kappa shape index (κ1) is 15.1. The molecule has 20 heavy (non-hydrogen) atoms. The number of nitrogens with two attached hydrogens (primary N) is 1. The normalized spacial score (nSPS) is 12.2. The first-order chi connectivity index (χ1) is 9.49. The van der Waals surface area contributed by atoms with Crippen LogP contribution in [-0.4, -0.2) is 0 Å². The zero-order valence-corrected chi connectivity index (χ0v) is 12.4. The van der Waals surface area contributed by atoms with Crippen molar-refractivity contribution in [1.82, 2.24) is 0 Å². The average molecular weight is 314 g/mol. The fraction of sp³-hybridized carbons (Fsp3) is 0.200. The fourth-order valence-electron chi connectivity index (χ4n) is 1.82. The Labute approximate surface area is 127 Å².